The van der Waals surface area contributed by atoms with Crippen LogP contribution in [0.5, 0.6) is 5.75 Å². The molecule has 0 fully saturated rings. The van der Waals surface area contributed by atoms with E-state index in [4.69, 9.17) is 23.2 Å². The second-order valence-electron chi connectivity index (χ2n) is 5.10. The van der Waals surface area contributed by atoms with E-state index >= 15 is 0 Å². The van der Waals surface area contributed by atoms with Crippen molar-refractivity contribution in [1.82, 2.24) is 4.57 Å². The highest BCUT2D eigenvalue weighted by molar-refractivity contribution is 6.35. The second-order valence-corrected chi connectivity index (χ2v) is 5.95. The van der Waals surface area contributed by atoms with Crippen LogP contribution in [0, 0.1) is 0 Å². The summed E-state index contributed by atoms with van der Waals surface area (Å²) in [6.45, 7) is 0. The summed E-state index contributed by atoms with van der Waals surface area (Å²) < 4.78 is 1.54. The third-order valence-corrected chi connectivity index (χ3v) is 4.07. The van der Waals surface area contributed by atoms with Crippen molar-refractivity contribution in [2.24, 2.45) is 0 Å². The number of hydrogen-bond acceptors (Lipinski definition) is 3. The number of nitrogens with zero attached hydrogens (tertiary/aromatic N) is 1. The molecule has 3 rings (SSSR count). The number of hydrogen-bond donors (Lipinski definition) is 1. The van der Waals surface area contributed by atoms with Crippen molar-refractivity contribution in [3.05, 3.63) is 92.3 Å². The summed E-state index contributed by atoms with van der Waals surface area (Å²) in [4.78, 5) is 23.8. The molecule has 4 nitrogen and oxygen atoms in total. The Balaban J connectivity index is 1.97. The second kappa shape index (κ2) is 6.51. The van der Waals surface area contributed by atoms with Crippen molar-refractivity contribution >= 4 is 29.0 Å². The van der Waals surface area contributed by atoms with Crippen molar-refractivity contribution in [2.75, 3.05) is 0 Å². The van der Waals surface area contributed by atoms with E-state index in [1.807, 2.05) is 0 Å². The molecular weight excluding hydrogens is 349 g/mol. The standard InChI is InChI=1S/C18H11Cl2NO3/c19-12-3-1-11(2-4-12)18(24)14-6-5-13(9-15(14)20)21-8-7-16(22)17(23)10-21/h1-10,23H. The number of rotatable bonds is 3. The van der Waals surface area contributed by atoms with Gasteiger partial charge in [0.1, 0.15) is 0 Å². The molecule has 2 aromatic carbocycles. The lowest BCUT2D eigenvalue weighted by molar-refractivity contribution is 0.103. The van der Waals surface area contributed by atoms with Gasteiger partial charge in [-0.1, -0.05) is 23.2 Å². The van der Waals surface area contributed by atoms with Gasteiger partial charge in [-0.15, -0.1) is 0 Å². The van der Waals surface area contributed by atoms with Crippen LogP contribution >= 0.6 is 23.2 Å². The van der Waals surface area contributed by atoms with Crippen molar-refractivity contribution < 1.29 is 9.90 Å². The van der Waals surface area contributed by atoms with Gasteiger partial charge in [0.15, 0.2) is 11.5 Å². The lowest BCUT2D eigenvalue weighted by Gasteiger charge is -2.10. The number of aromatic hydroxyl groups is 1. The highest BCUT2D eigenvalue weighted by Crippen LogP contribution is 2.24. The SMILES string of the molecule is O=C(c1ccc(Cl)cc1)c1ccc(-n2ccc(=O)c(O)c2)cc1Cl. The van der Waals surface area contributed by atoms with Gasteiger partial charge in [-0.25, -0.2) is 0 Å². The lowest BCUT2D eigenvalue weighted by Crippen LogP contribution is -2.05. The number of carbonyl (C=O) groups excluding carboxylic acids is 1. The highest BCUT2D eigenvalue weighted by atomic mass is 35.5. The molecule has 0 unspecified atom stereocenters. The fourth-order valence-electron chi connectivity index (χ4n) is 2.24. The first-order valence-corrected chi connectivity index (χ1v) is 7.73. The highest BCUT2D eigenvalue weighted by Gasteiger charge is 2.14. The van der Waals surface area contributed by atoms with E-state index in [1.54, 1.807) is 47.0 Å². The molecule has 1 aromatic heterocycles. The van der Waals surface area contributed by atoms with Gasteiger partial charge in [-0.3, -0.25) is 9.59 Å². The zero-order valence-electron chi connectivity index (χ0n) is 12.2. The van der Waals surface area contributed by atoms with Gasteiger partial charge in [0, 0.05) is 34.1 Å². The summed E-state index contributed by atoms with van der Waals surface area (Å²) >= 11 is 12.1. The Morgan fingerprint density at radius 1 is 1.00 bits per heavy atom. The zero-order chi connectivity index (χ0) is 17.3. The maximum Gasteiger partial charge on any atom is 0.223 e. The Labute approximate surface area is 147 Å². The van der Waals surface area contributed by atoms with Crippen LogP contribution in [0.3, 0.4) is 0 Å². The Morgan fingerprint density at radius 3 is 2.33 bits per heavy atom. The third kappa shape index (κ3) is 3.20. The molecule has 0 amide bonds. The topological polar surface area (TPSA) is 59.3 Å². The first-order chi connectivity index (χ1) is 11.5. The summed E-state index contributed by atoms with van der Waals surface area (Å²) in [6.07, 6.45) is 2.79. The molecule has 1 N–H and O–H groups in total. The Hall–Kier alpha value is -2.56. The minimum absolute atomic E-state index is 0.217. The molecule has 120 valence electrons. The number of halogens is 2. The first-order valence-electron chi connectivity index (χ1n) is 6.97. The molecule has 0 aliphatic rings. The molecule has 0 aliphatic carbocycles. The van der Waals surface area contributed by atoms with Crippen LogP contribution in [0.2, 0.25) is 10.0 Å². The average Bonchev–Trinajstić information content (AvgIpc) is 2.57. The van der Waals surface area contributed by atoms with Gasteiger partial charge in [0.05, 0.1) is 11.2 Å². The minimum atomic E-state index is -0.466. The summed E-state index contributed by atoms with van der Waals surface area (Å²) in [7, 11) is 0. The van der Waals surface area contributed by atoms with E-state index in [-0.39, 0.29) is 16.6 Å². The van der Waals surface area contributed by atoms with Gasteiger partial charge < -0.3 is 9.67 Å². The van der Waals surface area contributed by atoms with E-state index in [2.05, 4.69) is 0 Å². The number of benzene rings is 2. The minimum Gasteiger partial charge on any atom is -0.503 e. The third-order valence-electron chi connectivity index (χ3n) is 3.50. The van der Waals surface area contributed by atoms with Gasteiger partial charge in [0.2, 0.25) is 5.43 Å². The maximum atomic E-state index is 12.5. The number of aromatic nitrogens is 1. The summed E-state index contributed by atoms with van der Waals surface area (Å²) in [5.41, 5.74) is 0.984. The van der Waals surface area contributed by atoms with Crippen LogP contribution in [-0.2, 0) is 0 Å². The molecule has 24 heavy (non-hydrogen) atoms. The summed E-state index contributed by atoms with van der Waals surface area (Å²) in [5, 5.41) is 10.3. The fourth-order valence-corrected chi connectivity index (χ4v) is 2.62. The molecule has 0 atom stereocenters. The first kappa shape index (κ1) is 16.3. The van der Waals surface area contributed by atoms with E-state index in [9.17, 15) is 14.7 Å². The van der Waals surface area contributed by atoms with Crippen molar-refractivity contribution in [1.29, 1.82) is 0 Å². The average molecular weight is 360 g/mol. The van der Waals surface area contributed by atoms with Crippen LogP contribution in [0.15, 0.2) is 65.7 Å². The normalized spacial score (nSPS) is 10.6. The molecule has 1 heterocycles. The molecule has 0 aliphatic heterocycles. The fraction of sp³-hybridized carbons (Fsp3) is 0. The molecular formula is C18H11Cl2NO3. The predicted octanol–water partition coefficient (Wildman–Crippen LogP) is 4.08. The van der Waals surface area contributed by atoms with Gasteiger partial charge >= 0.3 is 0 Å². The largest absolute Gasteiger partial charge is 0.503 e. The van der Waals surface area contributed by atoms with Gasteiger partial charge in [-0.2, -0.15) is 0 Å². The van der Waals surface area contributed by atoms with Crippen LogP contribution < -0.4 is 5.43 Å². The van der Waals surface area contributed by atoms with E-state index < -0.39 is 5.43 Å². The van der Waals surface area contributed by atoms with E-state index in [0.29, 0.717) is 21.8 Å². The van der Waals surface area contributed by atoms with Crippen LogP contribution in [0.25, 0.3) is 5.69 Å². The van der Waals surface area contributed by atoms with Crippen LogP contribution in [0.1, 0.15) is 15.9 Å². The van der Waals surface area contributed by atoms with Crippen LogP contribution in [0.4, 0.5) is 0 Å². The van der Waals surface area contributed by atoms with Crippen molar-refractivity contribution in [3.8, 4) is 11.4 Å². The predicted molar refractivity (Wildman–Crippen MR) is 93.6 cm³/mol. The Kier molecular flexibility index (Phi) is 4.42. The van der Waals surface area contributed by atoms with Gasteiger partial charge in [-0.05, 0) is 42.5 Å². The maximum absolute atomic E-state index is 12.5. The van der Waals surface area contributed by atoms with Crippen molar-refractivity contribution in [3.63, 3.8) is 0 Å². The Bertz CT molecular complexity index is 978. The molecule has 6 heteroatoms. The molecule has 3 aromatic rings. The molecule has 0 bridgehead atoms. The molecule has 0 saturated carbocycles. The van der Waals surface area contributed by atoms with Crippen LogP contribution in [-0.4, -0.2) is 15.5 Å². The van der Waals surface area contributed by atoms with E-state index in [1.165, 1.54) is 18.5 Å². The van der Waals surface area contributed by atoms with E-state index in [0.717, 1.165) is 0 Å². The molecule has 0 saturated heterocycles. The molecule has 0 radical (unpaired) electrons. The zero-order valence-corrected chi connectivity index (χ0v) is 13.8. The quantitative estimate of drug-likeness (QED) is 0.716. The molecule has 0 spiro atoms. The van der Waals surface area contributed by atoms with Crippen molar-refractivity contribution in [2.45, 2.75) is 0 Å². The Morgan fingerprint density at radius 2 is 1.71 bits per heavy atom. The summed E-state index contributed by atoms with van der Waals surface area (Å²) in [6, 6.07) is 12.7. The lowest BCUT2D eigenvalue weighted by atomic mass is 10.0. The number of pyridine rings is 1. The smallest absolute Gasteiger partial charge is 0.223 e. The number of carbonyl (C=O) groups is 1. The van der Waals surface area contributed by atoms with Gasteiger partial charge in [0.25, 0.3) is 0 Å². The number of ketones is 1. The monoisotopic (exact) mass is 359 g/mol. The summed E-state index contributed by atoms with van der Waals surface area (Å²) in [5.74, 6) is -0.582.